The number of fused-ring (bicyclic) bond motifs is 1. The molecule has 0 aliphatic heterocycles. The van der Waals surface area contributed by atoms with E-state index in [-0.39, 0.29) is 12.3 Å². The number of carbonyl (C=O) groups is 1. The average Bonchev–Trinajstić information content (AvgIpc) is 2.87. The van der Waals surface area contributed by atoms with Gasteiger partial charge in [0.05, 0.1) is 23.3 Å². The number of benzene rings is 1. The standard InChI is InChI=1S/C19H22N4O/c1-4-7-23-11-16(13(3)22-23)17-8-12(2)15-6-5-14(10-19(20)24)9-18(15)21-17/h5-6,8-9,11H,4,7,10H2,1-3H3,(H2,20,24). The Morgan fingerprint density at radius 1 is 1.25 bits per heavy atom. The summed E-state index contributed by atoms with van der Waals surface area (Å²) in [5, 5.41) is 5.65. The van der Waals surface area contributed by atoms with Crippen LogP contribution in [0.3, 0.4) is 0 Å². The van der Waals surface area contributed by atoms with Crippen LogP contribution in [0, 0.1) is 13.8 Å². The van der Waals surface area contributed by atoms with Crippen LogP contribution in [0.25, 0.3) is 22.2 Å². The van der Waals surface area contributed by atoms with Crippen molar-refractivity contribution in [3.63, 3.8) is 0 Å². The second-order valence-electron chi connectivity index (χ2n) is 6.21. The van der Waals surface area contributed by atoms with Crippen molar-refractivity contribution in [2.45, 2.75) is 40.2 Å². The van der Waals surface area contributed by atoms with Crippen LogP contribution >= 0.6 is 0 Å². The number of primary amides is 1. The maximum atomic E-state index is 11.2. The maximum absolute atomic E-state index is 11.2. The highest BCUT2D eigenvalue weighted by atomic mass is 16.1. The number of carbonyl (C=O) groups excluding carboxylic acids is 1. The Kier molecular flexibility index (Phi) is 4.34. The summed E-state index contributed by atoms with van der Waals surface area (Å²) in [6.07, 6.45) is 3.33. The van der Waals surface area contributed by atoms with E-state index in [0.717, 1.165) is 51.9 Å². The molecule has 3 rings (SSSR count). The minimum absolute atomic E-state index is 0.231. The number of aromatic nitrogens is 3. The Hall–Kier alpha value is -2.69. The Morgan fingerprint density at radius 2 is 2.04 bits per heavy atom. The number of rotatable bonds is 5. The molecule has 1 amide bonds. The van der Waals surface area contributed by atoms with Crippen LogP contribution in [0.2, 0.25) is 0 Å². The van der Waals surface area contributed by atoms with Gasteiger partial charge in [-0.25, -0.2) is 4.98 Å². The molecule has 5 nitrogen and oxygen atoms in total. The first-order valence-electron chi connectivity index (χ1n) is 8.21. The fraction of sp³-hybridized carbons (Fsp3) is 0.316. The molecule has 0 radical (unpaired) electrons. The fourth-order valence-electron chi connectivity index (χ4n) is 3.01. The number of pyridine rings is 1. The summed E-state index contributed by atoms with van der Waals surface area (Å²) >= 11 is 0. The Balaban J connectivity index is 2.10. The molecule has 124 valence electrons. The van der Waals surface area contributed by atoms with E-state index >= 15 is 0 Å². The lowest BCUT2D eigenvalue weighted by Gasteiger charge is -2.07. The van der Waals surface area contributed by atoms with Crippen LogP contribution < -0.4 is 5.73 Å². The third-order valence-electron chi connectivity index (χ3n) is 4.13. The predicted molar refractivity (Wildman–Crippen MR) is 95.6 cm³/mol. The van der Waals surface area contributed by atoms with Crippen LogP contribution in [-0.2, 0) is 17.8 Å². The van der Waals surface area contributed by atoms with Crippen molar-refractivity contribution in [1.82, 2.24) is 14.8 Å². The second kappa shape index (κ2) is 6.43. The molecule has 0 saturated carbocycles. The number of hydrogen-bond donors (Lipinski definition) is 1. The highest BCUT2D eigenvalue weighted by Crippen LogP contribution is 2.27. The molecule has 2 N–H and O–H groups in total. The third kappa shape index (κ3) is 3.15. The lowest BCUT2D eigenvalue weighted by molar-refractivity contribution is -0.117. The first-order valence-corrected chi connectivity index (χ1v) is 8.21. The van der Waals surface area contributed by atoms with E-state index < -0.39 is 0 Å². The molecular formula is C19H22N4O. The number of amides is 1. The molecule has 3 aromatic rings. The van der Waals surface area contributed by atoms with E-state index in [1.807, 2.05) is 29.8 Å². The molecule has 0 saturated heterocycles. The lowest BCUT2D eigenvalue weighted by Crippen LogP contribution is -2.13. The summed E-state index contributed by atoms with van der Waals surface area (Å²) in [5.74, 6) is -0.334. The van der Waals surface area contributed by atoms with Crippen LogP contribution in [0.1, 0.15) is 30.2 Å². The third-order valence-corrected chi connectivity index (χ3v) is 4.13. The van der Waals surface area contributed by atoms with Crippen LogP contribution in [0.4, 0.5) is 0 Å². The zero-order valence-corrected chi connectivity index (χ0v) is 14.3. The molecule has 0 unspecified atom stereocenters. The molecule has 0 fully saturated rings. The van der Waals surface area contributed by atoms with E-state index in [1.54, 1.807) is 0 Å². The van der Waals surface area contributed by atoms with Crippen molar-refractivity contribution in [2.24, 2.45) is 5.73 Å². The number of nitrogens with two attached hydrogens (primary N) is 1. The van der Waals surface area contributed by atoms with Crippen molar-refractivity contribution in [2.75, 3.05) is 0 Å². The minimum atomic E-state index is -0.334. The van der Waals surface area contributed by atoms with Gasteiger partial charge in [-0.15, -0.1) is 0 Å². The molecule has 1 aromatic carbocycles. The number of nitrogens with zero attached hydrogens (tertiary/aromatic N) is 3. The lowest BCUT2D eigenvalue weighted by atomic mass is 10.0. The van der Waals surface area contributed by atoms with Crippen LogP contribution in [0.5, 0.6) is 0 Å². The summed E-state index contributed by atoms with van der Waals surface area (Å²) in [6, 6.07) is 7.98. The van der Waals surface area contributed by atoms with Gasteiger partial charge in [-0.2, -0.15) is 5.10 Å². The molecule has 0 aliphatic rings. The zero-order chi connectivity index (χ0) is 17.3. The van der Waals surface area contributed by atoms with E-state index in [1.165, 1.54) is 0 Å². The van der Waals surface area contributed by atoms with Crippen molar-refractivity contribution in [3.05, 3.63) is 47.3 Å². The van der Waals surface area contributed by atoms with Gasteiger partial charge in [0.15, 0.2) is 0 Å². The number of aryl methyl sites for hydroxylation is 3. The predicted octanol–water partition coefficient (Wildman–Crippen LogP) is 3.15. The summed E-state index contributed by atoms with van der Waals surface area (Å²) in [6.45, 7) is 7.12. The van der Waals surface area contributed by atoms with Gasteiger partial charge in [-0.1, -0.05) is 19.1 Å². The van der Waals surface area contributed by atoms with Gasteiger partial charge in [0.2, 0.25) is 5.91 Å². The van der Waals surface area contributed by atoms with E-state index in [0.29, 0.717) is 0 Å². The largest absolute Gasteiger partial charge is 0.369 e. The highest BCUT2D eigenvalue weighted by Gasteiger charge is 2.12. The Bertz CT molecular complexity index is 911. The summed E-state index contributed by atoms with van der Waals surface area (Å²) < 4.78 is 1.97. The van der Waals surface area contributed by atoms with Gasteiger partial charge >= 0.3 is 0 Å². The van der Waals surface area contributed by atoms with Crippen molar-refractivity contribution in [3.8, 4) is 11.3 Å². The number of hydrogen-bond acceptors (Lipinski definition) is 3. The molecule has 0 atom stereocenters. The van der Waals surface area contributed by atoms with Gasteiger partial charge < -0.3 is 5.73 Å². The minimum Gasteiger partial charge on any atom is -0.369 e. The monoisotopic (exact) mass is 322 g/mol. The second-order valence-corrected chi connectivity index (χ2v) is 6.21. The van der Waals surface area contributed by atoms with Gasteiger partial charge in [-0.05, 0) is 43.5 Å². The SMILES string of the molecule is CCCn1cc(-c2cc(C)c3ccc(CC(N)=O)cc3n2)c(C)n1. The quantitative estimate of drug-likeness (QED) is 0.784. The van der Waals surface area contributed by atoms with E-state index in [2.05, 4.69) is 31.2 Å². The van der Waals surface area contributed by atoms with Gasteiger partial charge in [0.25, 0.3) is 0 Å². The Labute approximate surface area is 141 Å². The first kappa shape index (κ1) is 16.2. The topological polar surface area (TPSA) is 73.8 Å². The van der Waals surface area contributed by atoms with Gasteiger partial charge in [0, 0.05) is 23.7 Å². The molecular weight excluding hydrogens is 300 g/mol. The molecule has 0 aliphatic carbocycles. The normalized spacial score (nSPS) is 11.1. The maximum Gasteiger partial charge on any atom is 0.221 e. The van der Waals surface area contributed by atoms with Gasteiger partial charge in [-0.3, -0.25) is 9.48 Å². The molecule has 2 aromatic heterocycles. The summed E-state index contributed by atoms with van der Waals surface area (Å²) in [5.41, 5.74) is 11.2. The first-order chi connectivity index (χ1) is 11.5. The molecule has 0 bridgehead atoms. The average molecular weight is 322 g/mol. The highest BCUT2D eigenvalue weighted by molar-refractivity contribution is 5.87. The zero-order valence-electron chi connectivity index (χ0n) is 14.3. The van der Waals surface area contributed by atoms with Crippen molar-refractivity contribution < 1.29 is 4.79 Å². The van der Waals surface area contributed by atoms with Crippen LogP contribution in [-0.4, -0.2) is 20.7 Å². The van der Waals surface area contributed by atoms with Crippen molar-refractivity contribution in [1.29, 1.82) is 0 Å². The summed E-state index contributed by atoms with van der Waals surface area (Å²) in [7, 11) is 0. The van der Waals surface area contributed by atoms with Crippen molar-refractivity contribution >= 4 is 16.8 Å². The molecule has 0 spiro atoms. The fourth-order valence-corrected chi connectivity index (χ4v) is 3.01. The Morgan fingerprint density at radius 3 is 2.75 bits per heavy atom. The summed E-state index contributed by atoms with van der Waals surface area (Å²) in [4.78, 5) is 16.0. The van der Waals surface area contributed by atoms with E-state index in [9.17, 15) is 4.79 Å². The van der Waals surface area contributed by atoms with Crippen LogP contribution in [0.15, 0.2) is 30.5 Å². The smallest absolute Gasteiger partial charge is 0.221 e. The molecule has 2 heterocycles. The molecule has 24 heavy (non-hydrogen) atoms. The van der Waals surface area contributed by atoms with Gasteiger partial charge in [0.1, 0.15) is 0 Å². The molecule has 5 heteroatoms. The van der Waals surface area contributed by atoms with E-state index in [4.69, 9.17) is 10.7 Å².